The summed E-state index contributed by atoms with van der Waals surface area (Å²) in [6.45, 7) is 0. The van der Waals surface area contributed by atoms with Gasteiger partial charge in [-0.3, -0.25) is 9.59 Å². The molecule has 0 saturated heterocycles. The average Bonchev–Trinajstić information content (AvgIpc) is 2.50. The van der Waals surface area contributed by atoms with Gasteiger partial charge in [-0.05, 0) is 24.8 Å². The van der Waals surface area contributed by atoms with Gasteiger partial charge in [0.25, 0.3) is 0 Å². The summed E-state index contributed by atoms with van der Waals surface area (Å²) >= 11 is 0. The molecular formula is C16H20O4. The molecule has 4 nitrogen and oxygen atoms in total. The summed E-state index contributed by atoms with van der Waals surface area (Å²) in [5.74, 6) is -2.01. The third-order valence-corrected chi connectivity index (χ3v) is 2.95. The molecule has 0 fully saturated rings. The van der Waals surface area contributed by atoms with Crippen molar-refractivity contribution in [2.45, 2.75) is 19.3 Å². The highest BCUT2D eigenvalue weighted by molar-refractivity contribution is 5.94. The van der Waals surface area contributed by atoms with Crippen LogP contribution in [0.1, 0.15) is 18.4 Å². The SMILES string of the molecule is COC(=O)C(C/C=C/CCc1ccccc1)C(=O)OC. The van der Waals surface area contributed by atoms with E-state index in [2.05, 4.69) is 21.6 Å². The molecule has 0 radical (unpaired) electrons. The maximum atomic E-state index is 11.4. The van der Waals surface area contributed by atoms with Gasteiger partial charge in [0, 0.05) is 0 Å². The molecule has 0 aliphatic rings. The normalized spacial score (nSPS) is 10.8. The summed E-state index contributed by atoms with van der Waals surface area (Å²) < 4.78 is 9.18. The summed E-state index contributed by atoms with van der Waals surface area (Å²) in [6, 6.07) is 10.1. The second-order valence-electron chi connectivity index (χ2n) is 4.33. The second kappa shape index (κ2) is 8.91. The van der Waals surface area contributed by atoms with Crippen molar-refractivity contribution < 1.29 is 19.1 Å². The lowest BCUT2D eigenvalue weighted by Crippen LogP contribution is -2.25. The van der Waals surface area contributed by atoms with Gasteiger partial charge in [0.05, 0.1) is 14.2 Å². The Morgan fingerprint density at radius 3 is 2.20 bits per heavy atom. The van der Waals surface area contributed by atoms with Crippen LogP contribution >= 0.6 is 0 Å². The maximum absolute atomic E-state index is 11.4. The van der Waals surface area contributed by atoms with E-state index in [0.29, 0.717) is 6.42 Å². The quantitative estimate of drug-likeness (QED) is 0.436. The molecule has 0 aliphatic carbocycles. The molecule has 1 aromatic rings. The van der Waals surface area contributed by atoms with Crippen LogP contribution in [-0.2, 0) is 25.5 Å². The van der Waals surface area contributed by atoms with Crippen molar-refractivity contribution in [2.75, 3.05) is 14.2 Å². The average molecular weight is 276 g/mol. The van der Waals surface area contributed by atoms with Crippen LogP contribution in [0, 0.1) is 5.92 Å². The van der Waals surface area contributed by atoms with Crippen molar-refractivity contribution >= 4 is 11.9 Å². The van der Waals surface area contributed by atoms with Gasteiger partial charge in [0.15, 0.2) is 5.92 Å². The molecule has 0 heterocycles. The van der Waals surface area contributed by atoms with Gasteiger partial charge >= 0.3 is 11.9 Å². The number of hydrogen-bond acceptors (Lipinski definition) is 4. The van der Waals surface area contributed by atoms with Crippen molar-refractivity contribution in [3.63, 3.8) is 0 Å². The Labute approximate surface area is 119 Å². The first kappa shape index (κ1) is 16.0. The van der Waals surface area contributed by atoms with Crippen LogP contribution in [0.15, 0.2) is 42.5 Å². The number of carbonyl (C=O) groups excluding carboxylic acids is 2. The Kier molecular flexibility index (Phi) is 7.11. The Hall–Kier alpha value is -2.10. The van der Waals surface area contributed by atoms with Crippen LogP contribution < -0.4 is 0 Å². The van der Waals surface area contributed by atoms with Gasteiger partial charge in [-0.25, -0.2) is 0 Å². The molecule has 1 rings (SSSR count). The van der Waals surface area contributed by atoms with Crippen LogP contribution in [-0.4, -0.2) is 26.2 Å². The number of ether oxygens (including phenoxy) is 2. The first-order chi connectivity index (χ1) is 9.69. The van der Waals surface area contributed by atoms with E-state index in [1.165, 1.54) is 19.8 Å². The number of rotatable bonds is 7. The maximum Gasteiger partial charge on any atom is 0.320 e. The Morgan fingerprint density at radius 1 is 1.05 bits per heavy atom. The number of aryl methyl sites for hydroxylation is 1. The molecule has 0 saturated carbocycles. The minimum absolute atomic E-state index is 0.300. The number of esters is 2. The summed E-state index contributed by atoms with van der Waals surface area (Å²) in [4.78, 5) is 22.9. The zero-order valence-corrected chi connectivity index (χ0v) is 11.9. The summed E-state index contributed by atoms with van der Waals surface area (Å²) in [7, 11) is 2.52. The van der Waals surface area contributed by atoms with E-state index in [-0.39, 0.29) is 0 Å². The highest BCUT2D eigenvalue weighted by Gasteiger charge is 2.26. The number of allylic oxidation sites excluding steroid dienone is 2. The van der Waals surface area contributed by atoms with Crippen LogP contribution in [0.4, 0.5) is 0 Å². The predicted octanol–water partition coefficient (Wildman–Crippen LogP) is 2.53. The van der Waals surface area contributed by atoms with Gasteiger partial charge in [0.1, 0.15) is 0 Å². The van der Waals surface area contributed by atoms with Crippen LogP contribution in [0.2, 0.25) is 0 Å². The van der Waals surface area contributed by atoms with E-state index in [0.717, 1.165) is 12.8 Å². The zero-order chi connectivity index (χ0) is 14.8. The van der Waals surface area contributed by atoms with Crippen molar-refractivity contribution in [1.29, 1.82) is 0 Å². The lowest BCUT2D eigenvalue weighted by molar-refractivity contribution is -0.158. The fourth-order valence-electron chi connectivity index (χ4n) is 1.82. The van der Waals surface area contributed by atoms with E-state index in [1.807, 2.05) is 30.4 Å². The Balaban J connectivity index is 2.41. The third kappa shape index (κ3) is 5.26. The van der Waals surface area contributed by atoms with Crippen molar-refractivity contribution in [2.24, 2.45) is 5.92 Å². The number of benzene rings is 1. The van der Waals surface area contributed by atoms with E-state index in [1.54, 1.807) is 0 Å². The molecule has 0 amide bonds. The minimum Gasteiger partial charge on any atom is -0.468 e. The number of carbonyl (C=O) groups is 2. The monoisotopic (exact) mass is 276 g/mol. The molecule has 0 N–H and O–H groups in total. The minimum atomic E-state index is -0.877. The Bertz CT molecular complexity index is 435. The van der Waals surface area contributed by atoms with E-state index in [9.17, 15) is 9.59 Å². The van der Waals surface area contributed by atoms with Crippen LogP contribution in [0.3, 0.4) is 0 Å². The number of methoxy groups -OCH3 is 2. The Morgan fingerprint density at radius 2 is 1.65 bits per heavy atom. The van der Waals surface area contributed by atoms with Crippen molar-refractivity contribution in [3.8, 4) is 0 Å². The molecule has 0 aliphatic heterocycles. The van der Waals surface area contributed by atoms with Crippen molar-refractivity contribution in [3.05, 3.63) is 48.0 Å². The largest absolute Gasteiger partial charge is 0.468 e. The standard InChI is InChI=1S/C16H20O4/c1-19-15(17)14(16(18)20-2)12-8-4-7-11-13-9-5-3-6-10-13/h3-6,8-10,14H,7,11-12H2,1-2H3/b8-4+. The molecular weight excluding hydrogens is 256 g/mol. The lowest BCUT2D eigenvalue weighted by atomic mass is 10.0. The molecule has 20 heavy (non-hydrogen) atoms. The molecule has 108 valence electrons. The molecule has 0 atom stereocenters. The summed E-state index contributed by atoms with van der Waals surface area (Å²) in [5.41, 5.74) is 1.26. The number of hydrogen-bond donors (Lipinski definition) is 0. The summed E-state index contributed by atoms with van der Waals surface area (Å²) in [5, 5.41) is 0. The van der Waals surface area contributed by atoms with Gasteiger partial charge < -0.3 is 9.47 Å². The van der Waals surface area contributed by atoms with E-state index < -0.39 is 17.9 Å². The van der Waals surface area contributed by atoms with Crippen molar-refractivity contribution in [1.82, 2.24) is 0 Å². The second-order valence-corrected chi connectivity index (χ2v) is 4.33. The van der Waals surface area contributed by atoms with E-state index >= 15 is 0 Å². The first-order valence-electron chi connectivity index (χ1n) is 6.53. The van der Waals surface area contributed by atoms with Gasteiger partial charge in [-0.1, -0.05) is 42.5 Å². The molecule has 0 unspecified atom stereocenters. The topological polar surface area (TPSA) is 52.6 Å². The highest BCUT2D eigenvalue weighted by Crippen LogP contribution is 2.10. The molecule has 4 heteroatoms. The van der Waals surface area contributed by atoms with E-state index in [4.69, 9.17) is 0 Å². The van der Waals surface area contributed by atoms with Crippen LogP contribution in [0.25, 0.3) is 0 Å². The zero-order valence-electron chi connectivity index (χ0n) is 11.9. The molecule has 0 bridgehead atoms. The fourth-order valence-corrected chi connectivity index (χ4v) is 1.82. The van der Waals surface area contributed by atoms with Crippen LogP contribution in [0.5, 0.6) is 0 Å². The highest BCUT2D eigenvalue weighted by atomic mass is 16.5. The van der Waals surface area contributed by atoms with Gasteiger partial charge in [-0.2, -0.15) is 0 Å². The lowest BCUT2D eigenvalue weighted by Gasteiger charge is -2.09. The summed E-state index contributed by atoms with van der Waals surface area (Å²) in [6.07, 6.45) is 5.87. The fraction of sp³-hybridized carbons (Fsp3) is 0.375. The third-order valence-electron chi connectivity index (χ3n) is 2.95. The molecule has 0 aromatic heterocycles. The van der Waals surface area contributed by atoms with Gasteiger partial charge in [-0.15, -0.1) is 0 Å². The first-order valence-corrected chi connectivity index (χ1v) is 6.53. The molecule has 0 spiro atoms. The molecule has 1 aromatic carbocycles. The smallest absolute Gasteiger partial charge is 0.320 e. The predicted molar refractivity (Wildman–Crippen MR) is 76.0 cm³/mol. The van der Waals surface area contributed by atoms with Gasteiger partial charge in [0.2, 0.25) is 0 Å².